The third-order valence-corrected chi connectivity index (χ3v) is 5.70. The Hall–Kier alpha value is -3.81. The molecule has 2 N–H and O–H groups in total. The van der Waals surface area contributed by atoms with Crippen LogP contribution in [-0.4, -0.2) is 23.4 Å². The van der Waals surface area contributed by atoms with Crippen molar-refractivity contribution in [2.24, 2.45) is 0 Å². The Labute approximate surface area is 203 Å². The van der Waals surface area contributed by atoms with Gasteiger partial charge in [-0.2, -0.15) is 13.2 Å². The van der Waals surface area contributed by atoms with Crippen molar-refractivity contribution in [3.8, 4) is 0 Å². The molecule has 0 aliphatic carbocycles. The van der Waals surface area contributed by atoms with Gasteiger partial charge in [-0.1, -0.05) is 49.4 Å². The molecule has 0 aliphatic rings. The summed E-state index contributed by atoms with van der Waals surface area (Å²) >= 11 is 0. The zero-order valence-electron chi connectivity index (χ0n) is 19.6. The van der Waals surface area contributed by atoms with Crippen LogP contribution in [0.15, 0.2) is 78.9 Å². The predicted molar refractivity (Wildman–Crippen MR) is 131 cm³/mol. The summed E-state index contributed by atoms with van der Waals surface area (Å²) < 4.78 is 38.5. The van der Waals surface area contributed by atoms with Crippen LogP contribution in [0.4, 0.5) is 29.3 Å². The highest BCUT2D eigenvalue weighted by molar-refractivity contribution is 5.92. The van der Waals surface area contributed by atoms with Gasteiger partial charge in [0, 0.05) is 24.3 Å². The molecular weight excluding hydrogens is 455 g/mol. The van der Waals surface area contributed by atoms with Gasteiger partial charge in [-0.05, 0) is 60.9 Å². The van der Waals surface area contributed by atoms with Crippen LogP contribution in [-0.2, 0) is 17.4 Å². The zero-order valence-corrected chi connectivity index (χ0v) is 19.6. The number of urea groups is 1. The van der Waals surface area contributed by atoms with Crippen molar-refractivity contribution in [2.45, 2.75) is 38.9 Å². The fourth-order valence-corrected chi connectivity index (χ4v) is 3.59. The summed E-state index contributed by atoms with van der Waals surface area (Å²) in [4.78, 5) is 27.2. The van der Waals surface area contributed by atoms with Gasteiger partial charge in [0.2, 0.25) is 5.91 Å². The lowest BCUT2D eigenvalue weighted by molar-refractivity contribution is -0.137. The number of nitrogens with one attached hydrogen (secondary N) is 2. The van der Waals surface area contributed by atoms with E-state index in [1.807, 2.05) is 68.4 Å². The van der Waals surface area contributed by atoms with Crippen LogP contribution in [0.5, 0.6) is 0 Å². The van der Waals surface area contributed by atoms with E-state index < -0.39 is 17.8 Å². The number of hydrogen-bond donors (Lipinski definition) is 2. The van der Waals surface area contributed by atoms with Crippen molar-refractivity contribution >= 4 is 23.3 Å². The standard InChI is InChI=1S/C27H28F3N3O2/c1-3-20-9-13-23(14-10-20)31-25(34)17-18-33(19(2)21-7-5-4-6-8-21)26(35)32-24-15-11-22(12-16-24)27(28,29)30/h4-16,19H,3,17-18H2,1-2H3,(H,31,34)(H,32,35). The molecule has 3 amide bonds. The maximum Gasteiger partial charge on any atom is 0.416 e. The summed E-state index contributed by atoms with van der Waals surface area (Å²) in [6.07, 6.45) is -3.51. The van der Waals surface area contributed by atoms with E-state index in [0.717, 1.165) is 29.7 Å². The lowest BCUT2D eigenvalue weighted by atomic mass is 10.1. The number of aryl methyl sites for hydroxylation is 1. The van der Waals surface area contributed by atoms with E-state index in [1.54, 1.807) is 0 Å². The lowest BCUT2D eigenvalue weighted by Crippen LogP contribution is -2.39. The smallest absolute Gasteiger partial charge is 0.326 e. The van der Waals surface area contributed by atoms with Crippen LogP contribution in [0.1, 0.15) is 43.0 Å². The van der Waals surface area contributed by atoms with E-state index >= 15 is 0 Å². The number of carbonyl (C=O) groups excluding carboxylic acids is 2. The molecule has 8 heteroatoms. The second kappa shape index (κ2) is 11.6. The molecular formula is C27H28F3N3O2. The van der Waals surface area contributed by atoms with Crippen LogP contribution in [0.25, 0.3) is 0 Å². The fraction of sp³-hybridized carbons (Fsp3) is 0.259. The van der Waals surface area contributed by atoms with Gasteiger partial charge in [-0.15, -0.1) is 0 Å². The van der Waals surface area contributed by atoms with Crippen LogP contribution < -0.4 is 10.6 Å². The molecule has 184 valence electrons. The third-order valence-electron chi connectivity index (χ3n) is 5.70. The normalized spacial score (nSPS) is 12.0. The summed E-state index contributed by atoms with van der Waals surface area (Å²) in [6.45, 7) is 4.00. The molecule has 0 fully saturated rings. The first-order valence-electron chi connectivity index (χ1n) is 11.4. The van der Waals surface area contributed by atoms with Crippen LogP contribution in [0.3, 0.4) is 0 Å². The average molecular weight is 484 g/mol. The molecule has 1 atom stereocenters. The molecule has 35 heavy (non-hydrogen) atoms. The largest absolute Gasteiger partial charge is 0.416 e. The van der Waals surface area contributed by atoms with Gasteiger partial charge < -0.3 is 15.5 Å². The fourth-order valence-electron chi connectivity index (χ4n) is 3.59. The lowest BCUT2D eigenvalue weighted by Gasteiger charge is -2.30. The summed E-state index contributed by atoms with van der Waals surface area (Å²) in [7, 11) is 0. The van der Waals surface area contributed by atoms with Crippen molar-refractivity contribution in [3.05, 3.63) is 95.6 Å². The highest BCUT2D eigenvalue weighted by atomic mass is 19.4. The number of nitrogens with zero attached hydrogens (tertiary/aromatic N) is 1. The minimum atomic E-state index is -4.46. The molecule has 0 spiro atoms. The monoisotopic (exact) mass is 483 g/mol. The molecule has 0 radical (unpaired) electrons. The number of halogens is 3. The Balaban J connectivity index is 1.70. The number of rotatable bonds is 8. The Kier molecular flexibility index (Phi) is 8.52. The van der Waals surface area contributed by atoms with E-state index in [2.05, 4.69) is 10.6 Å². The molecule has 0 bridgehead atoms. The van der Waals surface area contributed by atoms with Crippen LogP contribution in [0, 0.1) is 0 Å². The van der Waals surface area contributed by atoms with Crippen LogP contribution >= 0.6 is 0 Å². The molecule has 0 saturated carbocycles. The van der Waals surface area contributed by atoms with Crippen molar-refractivity contribution in [2.75, 3.05) is 17.2 Å². The van der Waals surface area contributed by atoms with Gasteiger partial charge in [-0.3, -0.25) is 4.79 Å². The van der Waals surface area contributed by atoms with Crippen LogP contribution in [0.2, 0.25) is 0 Å². The predicted octanol–water partition coefficient (Wildman–Crippen LogP) is 6.89. The summed E-state index contributed by atoms with van der Waals surface area (Å²) in [5, 5.41) is 5.48. The molecule has 3 aromatic rings. The van der Waals surface area contributed by atoms with Crippen molar-refractivity contribution in [1.29, 1.82) is 0 Å². The van der Waals surface area contributed by atoms with Gasteiger partial charge in [0.25, 0.3) is 0 Å². The topological polar surface area (TPSA) is 61.4 Å². The quantitative estimate of drug-likeness (QED) is 0.366. The van der Waals surface area contributed by atoms with Gasteiger partial charge in [-0.25, -0.2) is 4.79 Å². The number of benzene rings is 3. The molecule has 3 aromatic carbocycles. The second-order valence-electron chi connectivity index (χ2n) is 8.13. The van der Waals surface area contributed by atoms with E-state index in [9.17, 15) is 22.8 Å². The van der Waals surface area contributed by atoms with Gasteiger partial charge in [0.05, 0.1) is 11.6 Å². The number of alkyl halides is 3. The Morgan fingerprint density at radius 1 is 0.857 bits per heavy atom. The molecule has 0 saturated heterocycles. The number of amides is 3. The van der Waals surface area contributed by atoms with Crippen molar-refractivity contribution in [1.82, 2.24) is 4.90 Å². The molecule has 5 nitrogen and oxygen atoms in total. The average Bonchev–Trinajstić information content (AvgIpc) is 2.85. The maximum absolute atomic E-state index is 13.1. The molecule has 0 aliphatic heterocycles. The van der Waals surface area contributed by atoms with E-state index in [1.165, 1.54) is 17.0 Å². The van der Waals surface area contributed by atoms with Crippen molar-refractivity contribution in [3.63, 3.8) is 0 Å². The van der Waals surface area contributed by atoms with E-state index in [4.69, 9.17) is 0 Å². The first-order chi connectivity index (χ1) is 16.7. The summed E-state index contributed by atoms with van der Waals surface area (Å²) in [5.41, 5.74) is 2.13. The molecule has 1 unspecified atom stereocenters. The van der Waals surface area contributed by atoms with Gasteiger partial charge >= 0.3 is 12.2 Å². The number of anilines is 2. The SMILES string of the molecule is CCc1ccc(NC(=O)CCN(C(=O)Nc2ccc(C(F)(F)F)cc2)C(C)c2ccccc2)cc1. The zero-order chi connectivity index (χ0) is 25.4. The Bertz CT molecular complexity index is 1120. The Morgan fingerprint density at radius 3 is 2.00 bits per heavy atom. The first-order valence-corrected chi connectivity index (χ1v) is 11.4. The Morgan fingerprint density at radius 2 is 1.43 bits per heavy atom. The summed E-state index contributed by atoms with van der Waals surface area (Å²) in [6, 6.07) is 20.2. The maximum atomic E-state index is 13.1. The van der Waals surface area contributed by atoms with E-state index in [-0.39, 0.29) is 30.6 Å². The molecule has 0 heterocycles. The molecule has 0 aromatic heterocycles. The number of carbonyl (C=O) groups is 2. The second-order valence-corrected chi connectivity index (χ2v) is 8.13. The highest BCUT2D eigenvalue weighted by Crippen LogP contribution is 2.30. The van der Waals surface area contributed by atoms with Gasteiger partial charge in [0.15, 0.2) is 0 Å². The van der Waals surface area contributed by atoms with E-state index in [0.29, 0.717) is 5.69 Å². The summed E-state index contributed by atoms with van der Waals surface area (Å²) in [5.74, 6) is -0.248. The highest BCUT2D eigenvalue weighted by Gasteiger charge is 2.30. The number of hydrogen-bond acceptors (Lipinski definition) is 2. The molecule has 3 rings (SSSR count). The third kappa shape index (κ3) is 7.34. The van der Waals surface area contributed by atoms with Gasteiger partial charge in [0.1, 0.15) is 0 Å². The van der Waals surface area contributed by atoms with Crippen molar-refractivity contribution < 1.29 is 22.8 Å². The first kappa shape index (κ1) is 25.8. The minimum Gasteiger partial charge on any atom is -0.326 e. The minimum absolute atomic E-state index is 0.0487.